The summed E-state index contributed by atoms with van der Waals surface area (Å²) >= 11 is 0. The minimum absolute atomic E-state index is 0.0243. The Morgan fingerprint density at radius 2 is 2.19 bits per heavy atom. The molecule has 0 radical (unpaired) electrons. The SMILES string of the molecule is CC(C#N)S(=O)(=O)NCC1CCS(=O)(=O)C1. The normalized spacial score (nSPS) is 26.1. The highest BCUT2D eigenvalue weighted by Gasteiger charge is 2.29. The molecule has 1 rings (SSSR count). The highest BCUT2D eigenvalue weighted by molar-refractivity contribution is 7.91. The third-order valence-corrected chi connectivity index (χ3v) is 5.99. The predicted molar refractivity (Wildman–Crippen MR) is 58.8 cm³/mol. The number of hydrogen-bond donors (Lipinski definition) is 1. The minimum atomic E-state index is -3.64. The van der Waals surface area contributed by atoms with Gasteiger partial charge in [-0.25, -0.2) is 21.6 Å². The molecule has 1 aliphatic rings. The lowest BCUT2D eigenvalue weighted by Crippen LogP contribution is -2.35. The lowest BCUT2D eigenvalue weighted by atomic mass is 10.1. The molecule has 1 heterocycles. The van der Waals surface area contributed by atoms with Crippen molar-refractivity contribution in [3.8, 4) is 6.07 Å². The Morgan fingerprint density at radius 3 is 2.62 bits per heavy atom. The van der Waals surface area contributed by atoms with Gasteiger partial charge < -0.3 is 0 Å². The third kappa shape index (κ3) is 3.43. The molecule has 0 aliphatic carbocycles. The number of sulfone groups is 1. The van der Waals surface area contributed by atoms with E-state index in [1.807, 2.05) is 0 Å². The van der Waals surface area contributed by atoms with E-state index in [0.717, 1.165) is 0 Å². The van der Waals surface area contributed by atoms with Gasteiger partial charge in [-0.05, 0) is 19.3 Å². The first-order chi connectivity index (χ1) is 7.27. The van der Waals surface area contributed by atoms with Crippen LogP contribution in [0.25, 0.3) is 0 Å². The summed E-state index contributed by atoms with van der Waals surface area (Å²) in [4.78, 5) is 0. The van der Waals surface area contributed by atoms with E-state index >= 15 is 0 Å². The van der Waals surface area contributed by atoms with Crippen LogP contribution in [-0.4, -0.2) is 40.1 Å². The largest absolute Gasteiger partial charge is 0.229 e. The monoisotopic (exact) mass is 266 g/mol. The molecular weight excluding hydrogens is 252 g/mol. The molecular formula is C8H14N2O4S2. The summed E-state index contributed by atoms with van der Waals surface area (Å²) in [7, 11) is -6.63. The van der Waals surface area contributed by atoms with Crippen molar-refractivity contribution in [2.75, 3.05) is 18.1 Å². The summed E-state index contributed by atoms with van der Waals surface area (Å²) in [5.41, 5.74) is 0. The molecule has 1 saturated heterocycles. The van der Waals surface area contributed by atoms with Crippen LogP contribution in [0.1, 0.15) is 13.3 Å². The number of nitrogens with zero attached hydrogens (tertiary/aromatic N) is 1. The topological polar surface area (TPSA) is 104 Å². The van der Waals surface area contributed by atoms with Gasteiger partial charge in [0.15, 0.2) is 15.1 Å². The van der Waals surface area contributed by atoms with E-state index in [1.54, 1.807) is 6.07 Å². The van der Waals surface area contributed by atoms with Crippen LogP contribution in [-0.2, 0) is 19.9 Å². The van der Waals surface area contributed by atoms with Gasteiger partial charge in [-0.2, -0.15) is 5.26 Å². The van der Waals surface area contributed by atoms with Gasteiger partial charge in [0.1, 0.15) is 0 Å². The van der Waals surface area contributed by atoms with Gasteiger partial charge in [-0.3, -0.25) is 0 Å². The van der Waals surface area contributed by atoms with E-state index in [4.69, 9.17) is 5.26 Å². The van der Waals surface area contributed by atoms with E-state index in [1.165, 1.54) is 6.92 Å². The molecule has 0 bridgehead atoms. The molecule has 0 saturated carbocycles. The van der Waals surface area contributed by atoms with Crippen molar-refractivity contribution in [1.29, 1.82) is 5.26 Å². The average molecular weight is 266 g/mol. The number of nitrogens with one attached hydrogen (secondary N) is 1. The maximum atomic E-state index is 11.4. The zero-order valence-electron chi connectivity index (χ0n) is 8.88. The summed E-state index contributed by atoms with van der Waals surface area (Å²) in [5.74, 6) is -0.0328. The molecule has 16 heavy (non-hydrogen) atoms. The second-order valence-electron chi connectivity index (χ2n) is 3.93. The van der Waals surface area contributed by atoms with E-state index in [-0.39, 0.29) is 24.0 Å². The Balaban J connectivity index is 2.52. The predicted octanol–water partition coefficient (Wildman–Crippen LogP) is -0.747. The van der Waals surface area contributed by atoms with Crippen LogP contribution in [0.15, 0.2) is 0 Å². The Labute approximate surface area is 95.6 Å². The van der Waals surface area contributed by atoms with Crippen LogP contribution in [0.2, 0.25) is 0 Å². The fraction of sp³-hybridized carbons (Fsp3) is 0.875. The summed E-state index contributed by atoms with van der Waals surface area (Å²) in [6, 6.07) is 1.63. The summed E-state index contributed by atoms with van der Waals surface area (Å²) in [6.45, 7) is 1.38. The van der Waals surface area contributed by atoms with Crippen LogP contribution >= 0.6 is 0 Å². The lowest BCUT2D eigenvalue weighted by molar-refractivity contribution is 0.540. The van der Waals surface area contributed by atoms with Crippen LogP contribution in [0.5, 0.6) is 0 Å². The maximum Gasteiger partial charge on any atom is 0.227 e. The molecule has 0 aromatic carbocycles. The van der Waals surface area contributed by atoms with Crippen LogP contribution < -0.4 is 4.72 Å². The quantitative estimate of drug-likeness (QED) is 0.721. The maximum absolute atomic E-state index is 11.4. The molecule has 0 aromatic heterocycles. The number of hydrogen-bond acceptors (Lipinski definition) is 5. The van der Waals surface area contributed by atoms with Crippen LogP contribution in [0.3, 0.4) is 0 Å². The van der Waals surface area contributed by atoms with Gasteiger partial charge in [-0.15, -0.1) is 0 Å². The fourth-order valence-electron chi connectivity index (χ4n) is 1.46. The Bertz CT molecular complexity index is 489. The van der Waals surface area contributed by atoms with Gasteiger partial charge in [0.25, 0.3) is 0 Å². The molecule has 0 amide bonds. The van der Waals surface area contributed by atoms with Gasteiger partial charge in [0, 0.05) is 6.54 Å². The van der Waals surface area contributed by atoms with Crippen LogP contribution in [0.4, 0.5) is 0 Å². The molecule has 2 unspecified atom stereocenters. The zero-order valence-corrected chi connectivity index (χ0v) is 10.5. The Hall–Kier alpha value is -0.650. The van der Waals surface area contributed by atoms with Gasteiger partial charge in [-0.1, -0.05) is 0 Å². The molecule has 1 aliphatic heterocycles. The second-order valence-corrected chi connectivity index (χ2v) is 8.25. The summed E-state index contributed by atoms with van der Waals surface area (Å²) in [6.07, 6.45) is 0.478. The average Bonchev–Trinajstić information content (AvgIpc) is 2.54. The standard InChI is InChI=1S/C8H14N2O4S2/c1-7(4-9)16(13,14)10-5-8-2-3-15(11,12)6-8/h7-8,10H,2-3,5-6H2,1H3. The van der Waals surface area contributed by atoms with Crippen molar-refractivity contribution in [3.63, 3.8) is 0 Å². The molecule has 1 fully saturated rings. The summed E-state index contributed by atoms with van der Waals surface area (Å²) < 4.78 is 47.3. The number of sulfonamides is 1. The molecule has 0 aromatic rings. The van der Waals surface area contributed by atoms with Crippen molar-refractivity contribution in [2.24, 2.45) is 5.92 Å². The van der Waals surface area contributed by atoms with E-state index in [2.05, 4.69) is 4.72 Å². The zero-order chi connectivity index (χ0) is 12.4. The van der Waals surface area contributed by atoms with Gasteiger partial charge in [0.05, 0.1) is 17.6 Å². The first-order valence-electron chi connectivity index (χ1n) is 4.85. The molecule has 92 valence electrons. The third-order valence-electron chi connectivity index (χ3n) is 2.55. The van der Waals surface area contributed by atoms with Crippen molar-refractivity contribution in [1.82, 2.24) is 4.72 Å². The van der Waals surface area contributed by atoms with Gasteiger partial charge in [0.2, 0.25) is 10.0 Å². The van der Waals surface area contributed by atoms with Crippen LogP contribution in [0, 0.1) is 17.2 Å². The summed E-state index contributed by atoms with van der Waals surface area (Å²) in [5, 5.41) is 7.36. The smallest absolute Gasteiger partial charge is 0.227 e. The molecule has 8 heteroatoms. The molecule has 1 N–H and O–H groups in total. The first-order valence-corrected chi connectivity index (χ1v) is 8.22. The number of nitriles is 1. The van der Waals surface area contributed by atoms with Crippen molar-refractivity contribution >= 4 is 19.9 Å². The second kappa shape index (κ2) is 4.69. The van der Waals surface area contributed by atoms with E-state index in [9.17, 15) is 16.8 Å². The highest BCUT2D eigenvalue weighted by atomic mass is 32.2. The van der Waals surface area contributed by atoms with E-state index in [0.29, 0.717) is 6.42 Å². The first kappa shape index (κ1) is 13.4. The minimum Gasteiger partial charge on any atom is -0.229 e. The number of rotatable bonds is 4. The van der Waals surface area contributed by atoms with Crippen molar-refractivity contribution in [2.45, 2.75) is 18.6 Å². The molecule has 6 nitrogen and oxygen atoms in total. The lowest BCUT2D eigenvalue weighted by Gasteiger charge is -2.11. The Kier molecular flexibility index (Phi) is 3.93. The van der Waals surface area contributed by atoms with Gasteiger partial charge >= 0.3 is 0 Å². The highest BCUT2D eigenvalue weighted by Crippen LogP contribution is 2.17. The molecule has 2 atom stereocenters. The fourth-order valence-corrected chi connectivity index (χ4v) is 4.18. The van der Waals surface area contributed by atoms with Crippen molar-refractivity contribution < 1.29 is 16.8 Å². The molecule has 0 spiro atoms. The van der Waals surface area contributed by atoms with Crippen molar-refractivity contribution in [3.05, 3.63) is 0 Å². The Morgan fingerprint density at radius 1 is 1.56 bits per heavy atom. The van der Waals surface area contributed by atoms with E-state index < -0.39 is 25.1 Å².